The summed E-state index contributed by atoms with van der Waals surface area (Å²) in [5.74, 6) is 0.495. The quantitative estimate of drug-likeness (QED) is 0.188. The van der Waals surface area contributed by atoms with E-state index in [-0.39, 0.29) is 18.1 Å². The molecule has 2 heterocycles. The lowest BCUT2D eigenvalue weighted by atomic mass is 9.33. The summed E-state index contributed by atoms with van der Waals surface area (Å²) in [5, 5.41) is 2.27. The Kier molecular flexibility index (Phi) is 5.97. The predicted molar refractivity (Wildman–Crippen MR) is 184 cm³/mol. The van der Waals surface area contributed by atoms with Crippen molar-refractivity contribution in [1.82, 2.24) is 0 Å². The third-order valence-electron chi connectivity index (χ3n) is 9.02. The molecular weight excluding hydrogens is 573 g/mol. The van der Waals surface area contributed by atoms with E-state index in [0.717, 1.165) is 50.0 Å². The Bertz CT molecular complexity index is 2260. The number of benzene rings is 7. The maximum Gasteiger partial charge on any atom is 0.257 e. The second-order valence-corrected chi connectivity index (χ2v) is 11.6. The van der Waals surface area contributed by atoms with Crippen molar-refractivity contribution in [3.63, 3.8) is 0 Å². The van der Waals surface area contributed by atoms with Crippen molar-refractivity contribution in [1.29, 1.82) is 0 Å². The van der Waals surface area contributed by atoms with Crippen LogP contribution in [-0.4, -0.2) is 6.71 Å². The van der Waals surface area contributed by atoms with E-state index >= 15 is 8.78 Å². The van der Waals surface area contributed by atoms with E-state index in [4.69, 9.17) is 4.74 Å². The first-order valence-corrected chi connectivity index (χ1v) is 15.3. The second-order valence-electron chi connectivity index (χ2n) is 11.6. The molecule has 2 aliphatic heterocycles. The van der Waals surface area contributed by atoms with Crippen molar-refractivity contribution in [2.45, 2.75) is 0 Å². The minimum atomic E-state index is -0.460. The number of anilines is 6. The van der Waals surface area contributed by atoms with Crippen LogP contribution in [0.15, 0.2) is 152 Å². The SMILES string of the molecule is Fc1ccccc1N(c1cc2c3c(c1)N(c1ccccc1)c1ccccc1B3c1c(ccc3ccccc13)O2)c1ccccc1F. The molecule has 46 heavy (non-hydrogen) atoms. The Hall–Kier alpha value is -5.88. The fraction of sp³-hybridized carbons (Fsp3) is 0. The highest BCUT2D eigenvalue weighted by atomic mass is 19.1. The van der Waals surface area contributed by atoms with Gasteiger partial charge in [-0.15, -0.1) is 0 Å². The number of ether oxygens (including phenoxy) is 1. The molecule has 0 atom stereocenters. The summed E-state index contributed by atoms with van der Waals surface area (Å²) in [6.45, 7) is -0.125. The van der Waals surface area contributed by atoms with Crippen molar-refractivity contribution >= 4 is 68.0 Å². The molecule has 0 saturated carbocycles. The number of halogens is 2. The van der Waals surface area contributed by atoms with Crippen LogP contribution in [0.2, 0.25) is 0 Å². The summed E-state index contributed by atoms with van der Waals surface area (Å²) in [6, 6.07) is 48.0. The van der Waals surface area contributed by atoms with E-state index in [9.17, 15) is 0 Å². The Morgan fingerprint density at radius 3 is 1.96 bits per heavy atom. The molecule has 0 bridgehead atoms. The monoisotopic (exact) mass is 598 g/mol. The highest BCUT2D eigenvalue weighted by molar-refractivity contribution is 7.00. The molecule has 0 saturated heterocycles. The first-order chi connectivity index (χ1) is 22.7. The number of hydrogen-bond donors (Lipinski definition) is 0. The zero-order chi connectivity index (χ0) is 30.8. The average Bonchev–Trinajstić information content (AvgIpc) is 3.10. The van der Waals surface area contributed by atoms with Gasteiger partial charge < -0.3 is 14.5 Å². The Morgan fingerprint density at radius 1 is 0.543 bits per heavy atom. The summed E-state index contributed by atoms with van der Waals surface area (Å²) in [7, 11) is 0. The Labute approximate surface area is 265 Å². The first-order valence-electron chi connectivity index (χ1n) is 15.3. The van der Waals surface area contributed by atoms with Crippen LogP contribution in [0, 0.1) is 11.6 Å². The minimum absolute atomic E-state index is 0.125. The van der Waals surface area contributed by atoms with E-state index in [2.05, 4.69) is 71.6 Å². The van der Waals surface area contributed by atoms with Gasteiger partial charge in [0.1, 0.15) is 23.1 Å². The van der Waals surface area contributed by atoms with Crippen LogP contribution in [0.3, 0.4) is 0 Å². The number of rotatable bonds is 4. The minimum Gasteiger partial charge on any atom is -0.458 e. The van der Waals surface area contributed by atoms with E-state index in [1.54, 1.807) is 41.3 Å². The van der Waals surface area contributed by atoms with Crippen LogP contribution in [0.4, 0.5) is 42.9 Å². The molecule has 0 N–H and O–H groups in total. The molecule has 218 valence electrons. The topological polar surface area (TPSA) is 15.7 Å². The van der Waals surface area contributed by atoms with Gasteiger partial charge in [0, 0.05) is 23.1 Å². The summed E-state index contributed by atoms with van der Waals surface area (Å²) >= 11 is 0. The molecule has 7 aromatic carbocycles. The first kappa shape index (κ1) is 26.5. The zero-order valence-corrected chi connectivity index (χ0v) is 24.6. The number of para-hydroxylation sites is 4. The van der Waals surface area contributed by atoms with Gasteiger partial charge in [-0.25, -0.2) is 8.78 Å². The number of nitrogens with zero attached hydrogens (tertiary/aromatic N) is 2. The predicted octanol–water partition coefficient (Wildman–Crippen LogP) is 8.99. The van der Waals surface area contributed by atoms with E-state index < -0.39 is 11.6 Å². The lowest BCUT2D eigenvalue weighted by Gasteiger charge is -2.41. The molecule has 3 nitrogen and oxygen atoms in total. The van der Waals surface area contributed by atoms with Gasteiger partial charge in [0.25, 0.3) is 6.71 Å². The van der Waals surface area contributed by atoms with Crippen molar-refractivity contribution in [2.24, 2.45) is 0 Å². The van der Waals surface area contributed by atoms with Crippen LogP contribution in [0.5, 0.6) is 11.5 Å². The van der Waals surface area contributed by atoms with Gasteiger partial charge >= 0.3 is 0 Å². The number of fused-ring (bicyclic) bond motifs is 6. The van der Waals surface area contributed by atoms with Crippen molar-refractivity contribution < 1.29 is 13.5 Å². The van der Waals surface area contributed by atoms with E-state index in [1.807, 2.05) is 36.4 Å². The summed E-state index contributed by atoms with van der Waals surface area (Å²) in [6.07, 6.45) is 0. The summed E-state index contributed by atoms with van der Waals surface area (Å²) < 4.78 is 38.0. The molecule has 0 aliphatic carbocycles. The third kappa shape index (κ3) is 3.96. The van der Waals surface area contributed by atoms with Crippen LogP contribution in [-0.2, 0) is 0 Å². The molecule has 0 spiro atoms. The highest BCUT2D eigenvalue weighted by Crippen LogP contribution is 2.46. The second kappa shape index (κ2) is 10.4. The fourth-order valence-electron chi connectivity index (χ4n) is 7.12. The van der Waals surface area contributed by atoms with Gasteiger partial charge in [-0.2, -0.15) is 0 Å². The maximum atomic E-state index is 15.6. The highest BCUT2D eigenvalue weighted by Gasteiger charge is 2.43. The maximum absolute atomic E-state index is 15.6. The molecule has 6 heteroatoms. The van der Waals surface area contributed by atoms with Gasteiger partial charge in [-0.1, -0.05) is 91.0 Å². The van der Waals surface area contributed by atoms with Crippen molar-refractivity contribution in [3.8, 4) is 11.5 Å². The van der Waals surface area contributed by atoms with Gasteiger partial charge in [0.2, 0.25) is 0 Å². The normalized spacial score (nSPS) is 12.7. The van der Waals surface area contributed by atoms with E-state index in [0.29, 0.717) is 11.4 Å². The molecule has 9 rings (SSSR count). The summed E-state index contributed by atoms with van der Waals surface area (Å²) in [4.78, 5) is 3.87. The lowest BCUT2D eigenvalue weighted by Crippen LogP contribution is -2.59. The average molecular weight is 598 g/mol. The lowest BCUT2D eigenvalue weighted by molar-refractivity contribution is 0.488. The van der Waals surface area contributed by atoms with Crippen LogP contribution in [0.1, 0.15) is 0 Å². The summed E-state index contributed by atoms with van der Waals surface area (Å²) in [5.41, 5.74) is 7.23. The van der Waals surface area contributed by atoms with Crippen LogP contribution in [0.25, 0.3) is 10.8 Å². The molecule has 0 unspecified atom stereocenters. The molecule has 2 aliphatic rings. The van der Waals surface area contributed by atoms with E-state index in [1.165, 1.54) is 12.1 Å². The molecule has 0 amide bonds. The Morgan fingerprint density at radius 2 is 1.20 bits per heavy atom. The largest absolute Gasteiger partial charge is 0.458 e. The Balaban J connectivity index is 1.38. The van der Waals surface area contributed by atoms with Crippen molar-refractivity contribution in [2.75, 3.05) is 9.80 Å². The molecule has 0 aromatic heterocycles. The molecular formula is C40H25BF2N2O. The third-order valence-corrected chi connectivity index (χ3v) is 9.02. The van der Waals surface area contributed by atoms with Gasteiger partial charge in [-0.05, 0) is 81.8 Å². The van der Waals surface area contributed by atoms with Crippen LogP contribution >= 0.6 is 0 Å². The standard InChI is InChI=1S/C40H25BF2N2O/c42-31-17-7-10-20-34(31)45(35-21-11-8-18-32(35)43)28-24-36-40-38(25-28)46-37-23-22-26-12-4-5-15-29(26)39(37)41(40)30-16-6-9-19-33(30)44(36)27-13-2-1-3-14-27/h1-25H. The van der Waals surface area contributed by atoms with Gasteiger partial charge in [0.05, 0.1) is 17.1 Å². The number of hydrogen-bond acceptors (Lipinski definition) is 3. The zero-order valence-electron chi connectivity index (χ0n) is 24.6. The molecule has 0 radical (unpaired) electrons. The van der Waals surface area contributed by atoms with Gasteiger partial charge in [-0.3, -0.25) is 0 Å². The van der Waals surface area contributed by atoms with Crippen molar-refractivity contribution in [3.05, 3.63) is 163 Å². The van der Waals surface area contributed by atoms with Gasteiger partial charge in [0.15, 0.2) is 0 Å². The molecule has 0 fully saturated rings. The fourth-order valence-corrected chi connectivity index (χ4v) is 7.12. The smallest absolute Gasteiger partial charge is 0.257 e. The molecule has 7 aromatic rings. The van der Waals surface area contributed by atoms with Crippen LogP contribution < -0.4 is 30.9 Å².